The quantitative estimate of drug-likeness (QED) is 0.827. The highest BCUT2D eigenvalue weighted by molar-refractivity contribution is 9.10. The van der Waals surface area contributed by atoms with Crippen LogP contribution in [0.15, 0.2) is 22.7 Å². The molecule has 1 atom stereocenters. The highest BCUT2D eigenvalue weighted by Crippen LogP contribution is 2.30. The second kappa shape index (κ2) is 6.79. The number of fused-ring (bicyclic) bond motifs is 1. The van der Waals surface area contributed by atoms with Gasteiger partial charge in [-0.15, -0.1) is 0 Å². The maximum Gasteiger partial charge on any atom is 0.223 e. The topological polar surface area (TPSA) is 41.6 Å². The number of carbonyl (C=O) groups is 1. The Morgan fingerprint density at radius 3 is 3.00 bits per heavy atom. The van der Waals surface area contributed by atoms with Crippen LogP contribution >= 0.6 is 15.9 Å². The van der Waals surface area contributed by atoms with Gasteiger partial charge in [-0.1, -0.05) is 15.9 Å². The Bertz CT molecular complexity index is 515. The molecule has 0 aromatic heterocycles. The maximum absolute atomic E-state index is 11.9. The van der Waals surface area contributed by atoms with Crippen LogP contribution in [-0.2, 0) is 11.2 Å². The number of likely N-dealkylation sites (tertiary alicyclic amines) is 1. The van der Waals surface area contributed by atoms with Crippen LogP contribution in [0.1, 0.15) is 24.8 Å². The molecule has 114 valence electrons. The minimum Gasteiger partial charge on any atom is -0.488 e. The summed E-state index contributed by atoms with van der Waals surface area (Å²) in [6.45, 7) is 3.40. The number of rotatable bonds is 5. The van der Waals surface area contributed by atoms with E-state index in [9.17, 15) is 4.79 Å². The number of carbonyl (C=O) groups excluding carboxylic acids is 1. The first-order chi connectivity index (χ1) is 10.2. The molecule has 2 aliphatic heterocycles. The van der Waals surface area contributed by atoms with Crippen LogP contribution in [0.25, 0.3) is 0 Å². The van der Waals surface area contributed by atoms with Gasteiger partial charge < -0.3 is 15.0 Å². The summed E-state index contributed by atoms with van der Waals surface area (Å²) in [5.74, 6) is 1.26. The van der Waals surface area contributed by atoms with Crippen molar-refractivity contribution in [3.8, 4) is 5.75 Å². The normalized spacial score (nSPS) is 20.4. The van der Waals surface area contributed by atoms with Gasteiger partial charge in [-0.2, -0.15) is 0 Å². The molecule has 0 aliphatic carbocycles. The Morgan fingerprint density at radius 1 is 1.38 bits per heavy atom. The second-order valence-electron chi connectivity index (χ2n) is 5.74. The lowest BCUT2D eigenvalue weighted by Crippen LogP contribution is -2.34. The zero-order valence-electron chi connectivity index (χ0n) is 12.1. The van der Waals surface area contributed by atoms with Crippen molar-refractivity contribution in [1.29, 1.82) is 0 Å². The van der Waals surface area contributed by atoms with E-state index < -0.39 is 0 Å². The van der Waals surface area contributed by atoms with Crippen LogP contribution in [0.2, 0.25) is 0 Å². The SMILES string of the molecule is O=C(CCNCC1Cc2cc(Br)ccc2O1)N1CCCC1. The molecule has 3 rings (SSSR count). The van der Waals surface area contributed by atoms with E-state index in [1.165, 1.54) is 5.56 Å². The Hall–Kier alpha value is -1.07. The summed E-state index contributed by atoms with van der Waals surface area (Å²) in [4.78, 5) is 13.9. The fourth-order valence-electron chi connectivity index (χ4n) is 2.99. The third-order valence-electron chi connectivity index (χ3n) is 4.11. The summed E-state index contributed by atoms with van der Waals surface area (Å²) >= 11 is 3.48. The largest absolute Gasteiger partial charge is 0.488 e. The molecule has 0 radical (unpaired) electrons. The van der Waals surface area contributed by atoms with E-state index in [4.69, 9.17) is 4.74 Å². The van der Waals surface area contributed by atoms with E-state index in [1.54, 1.807) is 0 Å². The van der Waals surface area contributed by atoms with Gasteiger partial charge in [0.1, 0.15) is 11.9 Å². The predicted molar refractivity (Wildman–Crippen MR) is 85.6 cm³/mol. The van der Waals surface area contributed by atoms with Gasteiger partial charge in [-0.05, 0) is 36.6 Å². The Balaban J connectivity index is 1.36. The predicted octanol–water partition coefficient (Wildman–Crippen LogP) is 2.35. The van der Waals surface area contributed by atoms with Crippen LogP contribution in [0, 0.1) is 0 Å². The van der Waals surface area contributed by atoms with E-state index in [-0.39, 0.29) is 12.0 Å². The number of hydrogen-bond acceptors (Lipinski definition) is 3. The first-order valence-corrected chi connectivity index (χ1v) is 8.45. The number of nitrogens with zero attached hydrogens (tertiary/aromatic N) is 1. The summed E-state index contributed by atoms with van der Waals surface area (Å²) < 4.78 is 6.98. The number of hydrogen-bond donors (Lipinski definition) is 1. The molecule has 0 saturated carbocycles. The molecule has 5 heteroatoms. The van der Waals surface area contributed by atoms with Gasteiger partial charge in [0.25, 0.3) is 0 Å². The molecule has 1 fully saturated rings. The van der Waals surface area contributed by atoms with Crippen LogP contribution < -0.4 is 10.1 Å². The van der Waals surface area contributed by atoms with Crippen molar-refractivity contribution in [2.45, 2.75) is 31.8 Å². The van der Waals surface area contributed by atoms with E-state index in [1.807, 2.05) is 17.0 Å². The number of benzene rings is 1. The molecule has 0 bridgehead atoms. The lowest BCUT2D eigenvalue weighted by molar-refractivity contribution is -0.130. The number of nitrogens with one attached hydrogen (secondary N) is 1. The van der Waals surface area contributed by atoms with Gasteiger partial charge in [0.2, 0.25) is 5.91 Å². The number of amides is 1. The molecule has 1 amide bonds. The molecular formula is C16H21BrN2O2. The fraction of sp³-hybridized carbons (Fsp3) is 0.562. The van der Waals surface area contributed by atoms with Crippen molar-refractivity contribution >= 4 is 21.8 Å². The van der Waals surface area contributed by atoms with Crippen LogP contribution in [0.3, 0.4) is 0 Å². The van der Waals surface area contributed by atoms with Crippen molar-refractivity contribution < 1.29 is 9.53 Å². The third kappa shape index (κ3) is 3.77. The van der Waals surface area contributed by atoms with Gasteiger partial charge in [0.05, 0.1) is 0 Å². The summed E-state index contributed by atoms with van der Waals surface area (Å²) in [5, 5.41) is 3.35. The summed E-state index contributed by atoms with van der Waals surface area (Å²) in [7, 11) is 0. The van der Waals surface area contributed by atoms with Crippen molar-refractivity contribution in [3.05, 3.63) is 28.2 Å². The van der Waals surface area contributed by atoms with Crippen LogP contribution in [-0.4, -0.2) is 43.1 Å². The summed E-state index contributed by atoms with van der Waals surface area (Å²) in [6, 6.07) is 6.13. The van der Waals surface area contributed by atoms with Crippen LogP contribution in [0.4, 0.5) is 0 Å². The van der Waals surface area contributed by atoms with Crippen molar-refractivity contribution in [3.63, 3.8) is 0 Å². The monoisotopic (exact) mass is 352 g/mol. The first-order valence-electron chi connectivity index (χ1n) is 7.66. The third-order valence-corrected chi connectivity index (χ3v) is 4.60. The molecule has 1 aromatic carbocycles. The highest BCUT2D eigenvalue weighted by Gasteiger charge is 2.23. The molecule has 1 aromatic rings. The Kier molecular flexibility index (Phi) is 4.80. The van der Waals surface area contributed by atoms with Gasteiger partial charge in [0, 0.05) is 43.5 Å². The maximum atomic E-state index is 11.9. The zero-order chi connectivity index (χ0) is 14.7. The summed E-state index contributed by atoms with van der Waals surface area (Å²) in [5.41, 5.74) is 1.25. The molecule has 2 aliphatic rings. The van der Waals surface area contributed by atoms with E-state index in [0.29, 0.717) is 6.42 Å². The molecule has 1 N–H and O–H groups in total. The Morgan fingerprint density at radius 2 is 2.19 bits per heavy atom. The van der Waals surface area contributed by atoms with Crippen LogP contribution in [0.5, 0.6) is 5.75 Å². The molecule has 4 nitrogen and oxygen atoms in total. The highest BCUT2D eigenvalue weighted by atomic mass is 79.9. The molecule has 0 spiro atoms. The van der Waals surface area contributed by atoms with E-state index in [0.717, 1.165) is 55.7 Å². The Labute approximate surface area is 134 Å². The van der Waals surface area contributed by atoms with Gasteiger partial charge >= 0.3 is 0 Å². The molecule has 1 unspecified atom stereocenters. The minimum atomic E-state index is 0.177. The number of ether oxygens (including phenoxy) is 1. The average Bonchev–Trinajstić information content (AvgIpc) is 3.11. The average molecular weight is 353 g/mol. The lowest BCUT2D eigenvalue weighted by atomic mass is 10.1. The summed E-state index contributed by atoms with van der Waals surface area (Å²) in [6.07, 6.45) is 4.01. The van der Waals surface area contributed by atoms with Gasteiger partial charge in [-0.3, -0.25) is 4.79 Å². The lowest BCUT2D eigenvalue weighted by Gasteiger charge is -2.16. The van der Waals surface area contributed by atoms with Gasteiger partial charge in [-0.25, -0.2) is 0 Å². The van der Waals surface area contributed by atoms with Crippen molar-refractivity contribution in [1.82, 2.24) is 10.2 Å². The van der Waals surface area contributed by atoms with Gasteiger partial charge in [0.15, 0.2) is 0 Å². The zero-order valence-corrected chi connectivity index (χ0v) is 13.7. The fourth-order valence-corrected chi connectivity index (χ4v) is 3.39. The molecule has 21 heavy (non-hydrogen) atoms. The molecule has 1 saturated heterocycles. The van der Waals surface area contributed by atoms with Crippen molar-refractivity contribution in [2.75, 3.05) is 26.2 Å². The number of halogens is 1. The minimum absolute atomic E-state index is 0.177. The first kappa shape index (κ1) is 14.9. The second-order valence-corrected chi connectivity index (χ2v) is 6.65. The molecule has 2 heterocycles. The smallest absolute Gasteiger partial charge is 0.223 e. The van der Waals surface area contributed by atoms with Crippen molar-refractivity contribution in [2.24, 2.45) is 0 Å². The van der Waals surface area contributed by atoms with E-state index in [2.05, 4.69) is 27.3 Å². The van der Waals surface area contributed by atoms with E-state index >= 15 is 0 Å². The standard InChI is InChI=1S/C16H21BrN2O2/c17-13-3-4-15-12(9-13)10-14(21-15)11-18-6-5-16(20)19-7-1-2-8-19/h3-4,9,14,18H,1-2,5-8,10-11H2. The molecular weight excluding hydrogens is 332 g/mol.